The summed E-state index contributed by atoms with van der Waals surface area (Å²) in [5.41, 5.74) is 1.06. The number of nitrogens with zero attached hydrogens (tertiary/aromatic N) is 1. The highest BCUT2D eigenvalue weighted by molar-refractivity contribution is 5.17. The molecule has 1 heterocycles. The van der Waals surface area contributed by atoms with Crippen LogP contribution < -0.4 is 0 Å². The lowest BCUT2D eigenvalue weighted by atomic mass is 9.75. The lowest BCUT2D eigenvalue weighted by molar-refractivity contribution is -0.149. The number of hydrogen-bond donors (Lipinski definition) is 0. The molecule has 2 rings (SSSR count). The lowest BCUT2D eigenvalue weighted by Gasteiger charge is -2.51. The maximum absolute atomic E-state index is 5.97. The molecule has 0 amide bonds. The minimum Gasteiger partial charge on any atom is -0.382 e. The van der Waals surface area contributed by atoms with Gasteiger partial charge in [0.25, 0.3) is 0 Å². The molecule has 3 nitrogen and oxygen atoms in total. The molecule has 1 saturated carbocycles. The molecule has 0 bridgehead atoms. The smallest absolute Gasteiger partial charge is 0.0963 e. The Morgan fingerprint density at radius 3 is 2.64 bits per heavy atom. The van der Waals surface area contributed by atoms with Crippen molar-refractivity contribution >= 4 is 0 Å². The first-order chi connectivity index (χ1) is 10.6. The van der Waals surface area contributed by atoms with Crippen LogP contribution in [0.1, 0.15) is 39.5 Å². The van der Waals surface area contributed by atoms with Gasteiger partial charge in [-0.25, -0.2) is 0 Å². The normalized spacial score (nSPS) is 33.5. The van der Waals surface area contributed by atoms with Gasteiger partial charge in [0.15, 0.2) is 0 Å². The molecule has 1 saturated heterocycles. The zero-order valence-corrected chi connectivity index (χ0v) is 14.8. The highest BCUT2D eigenvalue weighted by Crippen LogP contribution is 2.40. The van der Waals surface area contributed by atoms with E-state index in [1.165, 1.54) is 25.0 Å². The van der Waals surface area contributed by atoms with E-state index in [4.69, 9.17) is 9.47 Å². The van der Waals surface area contributed by atoms with Crippen LogP contribution >= 0.6 is 0 Å². The van der Waals surface area contributed by atoms with E-state index < -0.39 is 0 Å². The highest BCUT2D eigenvalue weighted by Gasteiger charge is 2.47. The molecule has 2 aliphatic rings. The van der Waals surface area contributed by atoms with E-state index in [1.54, 1.807) is 7.11 Å². The SMILES string of the molecule is C=C(/C=C\C)C[C@@H]1[C@H](C)[C@](COC)(OC)CCN1CC1CC1. The van der Waals surface area contributed by atoms with Crippen molar-refractivity contribution in [1.82, 2.24) is 4.90 Å². The summed E-state index contributed by atoms with van der Waals surface area (Å²) in [7, 11) is 3.61. The number of piperidine rings is 1. The number of likely N-dealkylation sites (tertiary alicyclic amines) is 1. The Morgan fingerprint density at radius 2 is 2.09 bits per heavy atom. The molecular weight excluding hydrogens is 274 g/mol. The van der Waals surface area contributed by atoms with Crippen LogP contribution in [0.25, 0.3) is 0 Å². The second-order valence-electron chi connectivity index (χ2n) is 7.11. The zero-order chi connectivity index (χ0) is 16.2. The third kappa shape index (κ3) is 4.01. The van der Waals surface area contributed by atoms with Crippen LogP contribution in [-0.2, 0) is 9.47 Å². The molecule has 0 N–H and O–H groups in total. The molecule has 0 aromatic heterocycles. The fourth-order valence-corrected chi connectivity index (χ4v) is 3.93. The van der Waals surface area contributed by atoms with Crippen LogP contribution in [0.15, 0.2) is 24.3 Å². The standard InChI is InChI=1S/C19H33NO2/c1-6-7-15(2)12-18-16(3)19(22-5,14-21-4)10-11-20(18)13-17-8-9-17/h6-7,16-18H,2,8-14H2,1,3-5H3/b7-6-/t16-,18+,19-/m0/s1. The Labute approximate surface area is 136 Å². The van der Waals surface area contributed by atoms with Crippen molar-refractivity contribution in [1.29, 1.82) is 0 Å². The molecule has 1 aliphatic carbocycles. The Balaban J connectivity index is 2.14. The van der Waals surface area contributed by atoms with E-state index in [1.807, 2.05) is 7.11 Å². The molecule has 126 valence electrons. The molecular formula is C19H33NO2. The predicted molar refractivity (Wildman–Crippen MR) is 92.1 cm³/mol. The Bertz CT molecular complexity index is 402. The van der Waals surface area contributed by atoms with Gasteiger partial charge in [0.2, 0.25) is 0 Å². The maximum Gasteiger partial charge on any atom is 0.0963 e. The first kappa shape index (κ1) is 17.7. The van der Waals surface area contributed by atoms with Gasteiger partial charge in [-0.15, -0.1) is 0 Å². The van der Waals surface area contributed by atoms with Crippen LogP contribution in [0.2, 0.25) is 0 Å². The topological polar surface area (TPSA) is 21.7 Å². The molecule has 0 spiro atoms. The Morgan fingerprint density at radius 1 is 1.36 bits per heavy atom. The monoisotopic (exact) mass is 307 g/mol. The third-order valence-electron chi connectivity index (χ3n) is 5.56. The molecule has 3 heteroatoms. The Hall–Kier alpha value is -0.640. The summed E-state index contributed by atoms with van der Waals surface area (Å²) in [6.07, 6.45) is 9.11. The Kier molecular flexibility index (Phi) is 6.25. The molecule has 0 radical (unpaired) electrons. The summed E-state index contributed by atoms with van der Waals surface area (Å²) >= 11 is 0. The van der Waals surface area contributed by atoms with Crippen molar-refractivity contribution in [3.8, 4) is 0 Å². The van der Waals surface area contributed by atoms with Crippen LogP contribution in [-0.4, -0.2) is 50.5 Å². The number of methoxy groups -OCH3 is 2. The number of rotatable bonds is 8. The minimum atomic E-state index is -0.157. The van der Waals surface area contributed by atoms with E-state index >= 15 is 0 Å². The molecule has 0 unspecified atom stereocenters. The molecule has 22 heavy (non-hydrogen) atoms. The van der Waals surface area contributed by atoms with E-state index in [2.05, 4.69) is 37.5 Å². The lowest BCUT2D eigenvalue weighted by Crippen LogP contribution is -2.59. The van der Waals surface area contributed by atoms with Gasteiger partial charge in [0.1, 0.15) is 0 Å². The predicted octanol–water partition coefficient (Wildman–Crippen LogP) is 3.66. The highest BCUT2D eigenvalue weighted by atomic mass is 16.5. The number of ether oxygens (including phenoxy) is 2. The summed E-state index contributed by atoms with van der Waals surface area (Å²) in [6.45, 7) is 11.6. The summed E-state index contributed by atoms with van der Waals surface area (Å²) in [4.78, 5) is 2.68. The van der Waals surface area contributed by atoms with Gasteiger partial charge in [0, 0.05) is 39.3 Å². The first-order valence-corrected chi connectivity index (χ1v) is 8.65. The minimum absolute atomic E-state index is 0.157. The van der Waals surface area contributed by atoms with Gasteiger partial charge >= 0.3 is 0 Å². The van der Waals surface area contributed by atoms with Crippen molar-refractivity contribution in [2.24, 2.45) is 11.8 Å². The van der Waals surface area contributed by atoms with Crippen LogP contribution in [0.3, 0.4) is 0 Å². The van der Waals surface area contributed by atoms with Gasteiger partial charge in [0.05, 0.1) is 12.2 Å². The third-order valence-corrected chi connectivity index (χ3v) is 5.56. The van der Waals surface area contributed by atoms with Crippen LogP contribution in [0.4, 0.5) is 0 Å². The fourth-order valence-electron chi connectivity index (χ4n) is 3.93. The van der Waals surface area contributed by atoms with Crippen molar-refractivity contribution in [2.45, 2.75) is 51.2 Å². The summed E-state index contributed by atoms with van der Waals surface area (Å²) in [5.74, 6) is 1.36. The fraction of sp³-hybridized carbons (Fsp3) is 0.789. The summed E-state index contributed by atoms with van der Waals surface area (Å²) in [6, 6.07) is 0.494. The van der Waals surface area contributed by atoms with Crippen LogP contribution in [0, 0.1) is 11.8 Å². The largest absolute Gasteiger partial charge is 0.382 e. The first-order valence-electron chi connectivity index (χ1n) is 8.65. The van der Waals surface area contributed by atoms with E-state index in [-0.39, 0.29) is 5.60 Å². The van der Waals surface area contributed by atoms with Gasteiger partial charge in [-0.3, -0.25) is 4.90 Å². The van der Waals surface area contributed by atoms with Gasteiger partial charge in [-0.1, -0.05) is 31.2 Å². The zero-order valence-electron chi connectivity index (χ0n) is 14.8. The summed E-state index contributed by atoms with van der Waals surface area (Å²) < 4.78 is 11.5. The van der Waals surface area contributed by atoms with E-state index in [0.29, 0.717) is 18.6 Å². The van der Waals surface area contributed by atoms with E-state index in [0.717, 1.165) is 25.3 Å². The number of hydrogen-bond acceptors (Lipinski definition) is 3. The van der Waals surface area contributed by atoms with Gasteiger partial charge < -0.3 is 9.47 Å². The van der Waals surface area contributed by atoms with Gasteiger partial charge in [-0.2, -0.15) is 0 Å². The molecule has 0 aromatic rings. The van der Waals surface area contributed by atoms with Crippen molar-refractivity contribution in [3.63, 3.8) is 0 Å². The van der Waals surface area contributed by atoms with Crippen molar-refractivity contribution < 1.29 is 9.47 Å². The van der Waals surface area contributed by atoms with Crippen molar-refractivity contribution in [2.75, 3.05) is 33.9 Å². The number of allylic oxidation sites excluding steroid dienone is 2. The second-order valence-corrected chi connectivity index (χ2v) is 7.11. The average Bonchev–Trinajstić information content (AvgIpc) is 3.30. The molecule has 3 atom stereocenters. The average molecular weight is 307 g/mol. The van der Waals surface area contributed by atoms with Crippen molar-refractivity contribution in [3.05, 3.63) is 24.3 Å². The van der Waals surface area contributed by atoms with Gasteiger partial charge in [-0.05, 0) is 38.5 Å². The molecule has 1 aliphatic heterocycles. The molecule has 0 aromatic carbocycles. The molecule has 2 fully saturated rings. The van der Waals surface area contributed by atoms with E-state index in [9.17, 15) is 0 Å². The second kappa shape index (κ2) is 7.76. The summed E-state index contributed by atoms with van der Waals surface area (Å²) in [5, 5.41) is 0. The quantitative estimate of drug-likeness (QED) is 0.639. The van der Waals surface area contributed by atoms with Crippen LogP contribution in [0.5, 0.6) is 0 Å². The maximum atomic E-state index is 5.97.